The zero-order valence-electron chi connectivity index (χ0n) is 14.3. The molecule has 1 N–H and O–H groups in total. The summed E-state index contributed by atoms with van der Waals surface area (Å²) in [6.07, 6.45) is -0.772. The molecular formula is C22H18N2O2. The van der Waals surface area contributed by atoms with Crippen LogP contribution < -0.4 is 4.74 Å². The quantitative estimate of drug-likeness (QED) is 0.598. The van der Waals surface area contributed by atoms with Crippen LogP contribution in [0.3, 0.4) is 0 Å². The van der Waals surface area contributed by atoms with Crippen molar-refractivity contribution in [2.24, 2.45) is 0 Å². The molecule has 0 spiro atoms. The minimum atomic E-state index is -0.772. The van der Waals surface area contributed by atoms with Crippen LogP contribution in [0.4, 0.5) is 0 Å². The van der Waals surface area contributed by atoms with Crippen LogP contribution in [0, 0.1) is 0 Å². The Bertz CT molecular complexity index is 1030. The summed E-state index contributed by atoms with van der Waals surface area (Å²) < 4.78 is 5.46. The van der Waals surface area contributed by atoms with E-state index in [4.69, 9.17) is 9.72 Å². The molecule has 0 aliphatic carbocycles. The molecule has 3 aromatic carbocycles. The van der Waals surface area contributed by atoms with E-state index in [9.17, 15) is 5.11 Å². The van der Waals surface area contributed by atoms with Crippen molar-refractivity contribution in [1.82, 2.24) is 9.97 Å². The predicted molar refractivity (Wildman–Crippen MR) is 102 cm³/mol. The molecule has 4 nitrogen and oxygen atoms in total. The maximum absolute atomic E-state index is 10.9. The Hall–Kier alpha value is -3.24. The molecule has 0 amide bonds. The van der Waals surface area contributed by atoms with Crippen molar-refractivity contribution < 1.29 is 9.84 Å². The number of hydrogen-bond acceptors (Lipinski definition) is 4. The maximum atomic E-state index is 10.9. The van der Waals surface area contributed by atoms with E-state index in [1.807, 2.05) is 78.9 Å². The molecule has 4 aromatic rings. The summed E-state index contributed by atoms with van der Waals surface area (Å²) in [5.74, 6) is 0.468. The fourth-order valence-corrected chi connectivity index (χ4v) is 3.04. The Balaban J connectivity index is 1.93. The molecule has 0 saturated heterocycles. The van der Waals surface area contributed by atoms with Crippen LogP contribution in [0.5, 0.6) is 5.88 Å². The Morgan fingerprint density at radius 2 is 1.50 bits per heavy atom. The van der Waals surface area contributed by atoms with Crippen LogP contribution in [-0.2, 0) is 0 Å². The molecule has 4 heteroatoms. The number of fused-ring (bicyclic) bond motifs is 1. The minimum absolute atomic E-state index is 0.468. The summed E-state index contributed by atoms with van der Waals surface area (Å²) >= 11 is 0. The van der Waals surface area contributed by atoms with Crippen LogP contribution in [0.2, 0.25) is 0 Å². The van der Waals surface area contributed by atoms with Gasteiger partial charge in [0.1, 0.15) is 11.8 Å². The van der Waals surface area contributed by atoms with E-state index in [0.29, 0.717) is 22.6 Å². The summed E-state index contributed by atoms with van der Waals surface area (Å²) in [7, 11) is 1.59. The van der Waals surface area contributed by atoms with E-state index in [2.05, 4.69) is 4.98 Å². The monoisotopic (exact) mass is 342 g/mol. The SMILES string of the molecule is COc1nc2cccc(C(O)c3ccccc3)c2nc1-c1ccccc1. The predicted octanol–water partition coefficient (Wildman–Crippen LogP) is 4.39. The van der Waals surface area contributed by atoms with Gasteiger partial charge in [0, 0.05) is 11.1 Å². The van der Waals surface area contributed by atoms with Crippen LogP contribution in [0.1, 0.15) is 17.2 Å². The van der Waals surface area contributed by atoms with Gasteiger partial charge in [-0.05, 0) is 11.6 Å². The average Bonchev–Trinajstić information content (AvgIpc) is 2.73. The summed E-state index contributed by atoms with van der Waals surface area (Å²) in [4.78, 5) is 9.43. The Labute approximate surface area is 151 Å². The lowest BCUT2D eigenvalue weighted by Gasteiger charge is -2.15. The number of methoxy groups -OCH3 is 1. The maximum Gasteiger partial charge on any atom is 0.240 e. The van der Waals surface area contributed by atoms with E-state index in [1.54, 1.807) is 7.11 Å². The third-order valence-corrected chi connectivity index (χ3v) is 4.34. The van der Waals surface area contributed by atoms with Gasteiger partial charge in [-0.15, -0.1) is 0 Å². The van der Waals surface area contributed by atoms with Gasteiger partial charge in [0.2, 0.25) is 5.88 Å². The molecule has 0 fully saturated rings. The van der Waals surface area contributed by atoms with Crippen molar-refractivity contribution in [3.63, 3.8) is 0 Å². The zero-order valence-corrected chi connectivity index (χ0v) is 14.3. The first-order valence-electron chi connectivity index (χ1n) is 8.41. The lowest BCUT2D eigenvalue weighted by Crippen LogP contribution is -2.04. The Kier molecular flexibility index (Phi) is 4.33. The average molecular weight is 342 g/mol. The highest BCUT2D eigenvalue weighted by Gasteiger charge is 2.18. The van der Waals surface area contributed by atoms with E-state index in [0.717, 1.165) is 16.7 Å². The van der Waals surface area contributed by atoms with Gasteiger partial charge in [0.25, 0.3) is 0 Å². The molecule has 0 saturated carbocycles. The standard InChI is InChI=1S/C22H18N2O2/c1-26-22-19(15-9-4-2-5-10-15)24-20-17(13-8-14-18(20)23-22)21(25)16-11-6-3-7-12-16/h2-14,21,25H,1H3. The van der Waals surface area contributed by atoms with Crippen LogP contribution >= 0.6 is 0 Å². The molecular weight excluding hydrogens is 324 g/mol. The first kappa shape index (κ1) is 16.2. The minimum Gasteiger partial charge on any atom is -0.479 e. The van der Waals surface area contributed by atoms with Gasteiger partial charge in [-0.3, -0.25) is 0 Å². The van der Waals surface area contributed by atoms with Crippen LogP contribution in [0.25, 0.3) is 22.3 Å². The number of aliphatic hydroxyl groups is 1. The molecule has 128 valence electrons. The number of hydrogen-bond donors (Lipinski definition) is 1. The van der Waals surface area contributed by atoms with Gasteiger partial charge < -0.3 is 9.84 Å². The van der Waals surface area contributed by atoms with E-state index in [-0.39, 0.29) is 0 Å². The number of benzene rings is 3. The first-order valence-corrected chi connectivity index (χ1v) is 8.41. The smallest absolute Gasteiger partial charge is 0.240 e. The molecule has 4 rings (SSSR count). The molecule has 0 bridgehead atoms. The molecule has 1 unspecified atom stereocenters. The third-order valence-electron chi connectivity index (χ3n) is 4.34. The summed E-state index contributed by atoms with van der Waals surface area (Å²) in [6, 6.07) is 25.0. The fraction of sp³-hybridized carbons (Fsp3) is 0.0909. The Morgan fingerprint density at radius 3 is 2.19 bits per heavy atom. The van der Waals surface area contributed by atoms with Gasteiger partial charge in [0.05, 0.1) is 18.1 Å². The normalized spacial score (nSPS) is 12.1. The first-order chi connectivity index (χ1) is 12.8. The second-order valence-electron chi connectivity index (χ2n) is 5.98. The van der Waals surface area contributed by atoms with Crippen molar-refractivity contribution >= 4 is 11.0 Å². The van der Waals surface area contributed by atoms with Crippen molar-refractivity contribution in [2.75, 3.05) is 7.11 Å². The number of aliphatic hydroxyl groups excluding tert-OH is 1. The third kappa shape index (κ3) is 2.91. The number of aromatic nitrogens is 2. The number of para-hydroxylation sites is 1. The van der Waals surface area contributed by atoms with Gasteiger partial charge in [-0.2, -0.15) is 0 Å². The molecule has 1 atom stereocenters. The van der Waals surface area contributed by atoms with Crippen LogP contribution in [-0.4, -0.2) is 22.2 Å². The highest BCUT2D eigenvalue weighted by molar-refractivity contribution is 5.83. The van der Waals surface area contributed by atoms with Gasteiger partial charge in [-0.25, -0.2) is 9.97 Å². The lowest BCUT2D eigenvalue weighted by atomic mass is 10.00. The van der Waals surface area contributed by atoms with Gasteiger partial charge >= 0.3 is 0 Å². The van der Waals surface area contributed by atoms with E-state index < -0.39 is 6.10 Å². The van der Waals surface area contributed by atoms with Crippen LogP contribution in [0.15, 0.2) is 78.9 Å². The van der Waals surface area contributed by atoms with Crippen molar-refractivity contribution in [3.05, 3.63) is 90.0 Å². The molecule has 1 aromatic heterocycles. The topological polar surface area (TPSA) is 55.2 Å². The summed E-state index contributed by atoms with van der Waals surface area (Å²) in [5.41, 5.74) is 4.48. The van der Waals surface area contributed by atoms with Gasteiger partial charge in [-0.1, -0.05) is 72.8 Å². The Morgan fingerprint density at radius 1 is 0.808 bits per heavy atom. The lowest BCUT2D eigenvalue weighted by molar-refractivity contribution is 0.221. The largest absolute Gasteiger partial charge is 0.479 e. The summed E-state index contributed by atoms with van der Waals surface area (Å²) in [5, 5.41) is 10.9. The molecule has 0 aliphatic rings. The van der Waals surface area contributed by atoms with Crippen molar-refractivity contribution in [3.8, 4) is 17.1 Å². The number of nitrogens with zero attached hydrogens (tertiary/aromatic N) is 2. The summed E-state index contributed by atoms with van der Waals surface area (Å²) in [6.45, 7) is 0. The van der Waals surface area contributed by atoms with Crippen molar-refractivity contribution in [2.45, 2.75) is 6.10 Å². The highest BCUT2D eigenvalue weighted by atomic mass is 16.5. The number of ether oxygens (including phenoxy) is 1. The zero-order chi connectivity index (χ0) is 17.9. The van der Waals surface area contributed by atoms with E-state index >= 15 is 0 Å². The highest BCUT2D eigenvalue weighted by Crippen LogP contribution is 2.32. The fourth-order valence-electron chi connectivity index (χ4n) is 3.04. The van der Waals surface area contributed by atoms with Crippen molar-refractivity contribution in [1.29, 1.82) is 0 Å². The molecule has 0 aliphatic heterocycles. The van der Waals surface area contributed by atoms with E-state index in [1.165, 1.54) is 0 Å². The molecule has 26 heavy (non-hydrogen) atoms. The second kappa shape index (κ2) is 6.94. The molecule has 1 heterocycles. The molecule has 0 radical (unpaired) electrons. The second-order valence-corrected chi connectivity index (χ2v) is 5.98. The number of rotatable bonds is 4. The van der Waals surface area contributed by atoms with Gasteiger partial charge in [0.15, 0.2) is 0 Å².